The van der Waals surface area contributed by atoms with Crippen LogP contribution in [0.15, 0.2) is 11.4 Å². The highest BCUT2D eigenvalue weighted by molar-refractivity contribution is 8.00. The summed E-state index contributed by atoms with van der Waals surface area (Å²) in [5, 5.41) is 7.41. The number of hydrogen-bond acceptors (Lipinski definition) is 6. The van der Waals surface area contributed by atoms with Gasteiger partial charge in [-0.2, -0.15) is 0 Å². The largest absolute Gasteiger partial charge is 0.355 e. The van der Waals surface area contributed by atoms with Crippen LogP contribution in [0.5, 0.6) is 0 Å². The van der Waals surface area contributed by atoms with Crippen molar-refractivity contribution in [2.75, 3.05) is 12.3 Å². The molecular formula is C17H22N4O2S2. The minimum absolute atomic E-state index is 0.167. The van der Waals surface area contributed by atoms with E-state index in [1.54, 1.807) is 24.6 Å². The molecule has 1 atom stereocenters. The van der Waals surface area contributed by atoms with E-state index in [-0.39, 0.29) is 17.6 Å². The van der Waals surface area contributed by atoms with E-state index in [0.717, 1.165) is 28.1 Å². The molecule has 6 nitrogen and oxygen atoms in total. The van der Waals surface area contributed by atoms with Crippen LogP contribution in [0.4, 0.5) is 0 Å². The summed E-state index contributed by atoms with van der Waals surface area (Å²) in [5.41, 5.74) is 1.37. The van der Waals surface area contributed by atoms with Crippen molar-refractivity contribution >= 4 is 45.1 Å². The predicted molar refractivity (Wildman–Crippen MR) is 101 cm³/mol. The van der Waals surface area contributed by atoms with Crippen LogP contribution in [0, 0.1) is 0 Å². The quantitative estimate of drug-likeness (QED) is 0.595. The summed E-state index contributed by atoms with van der Waals surface area (Å²) in [6.07, 6.45) is 6.18. The van der Waals surface area contributed by atoms with Gasteiger partial charge in [-0.15, -0.1) is 11.3 Å². The van der Waals surface area contributed by atoms with Crippen LogP contribution in [-0.4, -0.2) is 40.1 Å². The summed E-state index contributed by atoms with van der Waals surface area (Å²) in [6, 6.07) is -0.535. The lowest BCUT2D eigenvalue weighted by Crippen LogP contribution is -2.45. The molecule has 2 amide bonds. The molecule has 1 aliphatic carbocycles. The molecule has 2 aromatic heterocycles. The molecule has 0 fully saturated rings. The van der Waals surface area contributed by atoms with E-state index < -0.39 is 6.04 Å². The van der Waals surface area contributed by atoms with Gasteiger partial charge in [0.05, 0.1) is 5.75 Å². The van der Waals surface area contributed by atoms with Gasteiger partial charge in [0.2, 0.25) is 11.8 Å². The highest BCUT2D eigenvalue weighted by Gasteiger charge is 2.21. The van der Waals surface area contributed by atoms with E-state index >= 15 is 0 Å². The molecule has 0 aromatic carbocycles. The molecule has 0 bridgehead atoms. The van der Waals surface area contributed by atoms with Crippen molar-refractivity contribution in [3.05, 3.63) is 16.8 Å². The number of likely N-dealkylation sites (N-methyl/N-ethyl adjacent to an activating group) is 1. The van der Waals surface area contributed by atoms with E-state index in [1.807, 2.05) is 6.92 Å². The highest BCUT2D eigenvalue weighted by Crippen LogP contribution is 2.39. The van der Waals surface area contributed by atoms with Gasteiger partial charge < -0.3 is 10.6 Å². The number of carbonyl (C=O) groups excluding carboxylic acids is 2. The van der Waals surface area contributed by atoms with E-state index in [9.17, 15) is 9.59 Å². The van der Waals surface area contributed by atoms with Gasteiger partial charge in [0.15, 0.2) is 0 Å². The van der Waals surface area contributed by atoms with Gasteiger partial charge in [-0.25, -0.2) is 9.97 Å². The Bertz CT molecular complexity index is 790. The Morgan fingerprint density at radius 1 is 1.32 bits per heavy atom. The number of hydrogen-bond donors (Lipinski definition) is 2. The third-order valence-electron chi connectivity index (χ3n) is 4.18. The van der Waals surface area contributed by atoms with Crippen LogP contribution >= 0.6 is 23.1 Å². The van der Waals surface area contributed by atoms with Crippen molar-refractivity contribution < 1.29 is 9.59 Å². The Kier molecular flexibility index (Phi) is 5.90. The topological polar surface area (TPSA) is 84.0 Å². The summed E-state index contributed by atoms with van der Waals surface area (Å²) in [5.74, 6) is -0.0997. The van der Waals surface area contributed by atoms with Crippen molar-refractivity contribution in [2.24, 2.45) is 0 Å². The molecule has 1 aliphatic rings. The first-order valence-corrected chi connectivity index (χ1v) is 10.4. The zero-order valence-electron chi connectivity index (χ0n) is 14.4. The molecule has 0 saturated heterocycles. The second-order valence-electron chi connectivity index (χ2n) is 6.04. The average Bonchev–Trinajstić information content (AvgIpc) is 2.99. The molecule has 134 valence electrons. The molecule has 25 heavy (non-hydrogen) atoms. The van der Waals surface area contributed by atoms with Crippen molar-refractivity contribution in [3.63, 3.8) is 0 Å². The first-order chi connectivity index (χ1) is 12.1. The van der Waals surface area contributed by atoms with Crippen LogP contribution in [0.3, 0.4) is 0 Å². The molecule has 0 saturated carbocycles. The summed E-state index contributed by atoms with van der Waals surface area (Å²) in [6.45, 7) is 4.09. The Hall–Kier alpha value is -1.67. The van der Waals surface area contributed by atoms with Crippen molar-refractivity contribution in [1.82, 2.24) is 20.6 Å². The van der Waals surface area contributed by atoms with Gasteiger partial charge in [0.1, 0.15) is 22.2 Å². The number of carbonyl (C=O) groups is 2. The second-order valence-corrected chi connectivity index (χ2v) is 8.09. The molecule has 0 aliphatic heterocycles. The lowest BCUT2D eigenvalue weighted by atomic mass is 9.97. The standard InChI is InChI=1S/C17H22N4O2S2/c1-3-18-15(23)10(2)21-13(22)8-24-16-14-11-6-4-5-7-12(11)25-17(14)20-9-19-16/h9-10H,3-8H2,1-2H3,(H,18,23)(H,21,22)/t10-/m1/s1. The molecule has 3 rings (SSSR count). The van der Waals surface area contributed by atoms with Gasteiger partial charge in [-0.05, 0) is 45.1 Å². The molecule has 2 heterocycles. The van der Waals surface area contributed by atoms with Gasteiger partial charge in [-0.1, -0.05) is 11.8 Å². The van der Waals surface area contributed by atoms with Crippen molar-refractivity contribution in [3.8, 4) is 0 Å². The number of aryl methyl sites for hydroxylation is 2. The molecule has 0 spiro atoms. The molecule has 2 aromatic rings. The van der Waals surface area contributed by atoms with E-state index in [2.05, 4.69) is 20.6 Å². The Balaban J connectivity index is 1.68. The average molecular weight is 379 g/mol. The molecular weight excluding hydrogens is 356 g/mol. The maximum atomic E-state index is 12.1. The zero-order valence-corrected chi connectivity index (χ0v) is 16.1. The lowest BCUT2D eigenvalue weighted by Gasteiger charge is -2.13. The lowest BCUT2D eigenvalue weighted by molar-refractivity contribution is -0.127. The molecule has 0 radical (unpaired) electrons. The Morgan fingerprint density at radius 3 is 2.92 bits per heavy atom. The fourth-order valence-corrected chi connectivity index (χ4v) is 5.11. The number of thioether (sulfide) groups is 1. The van der Waals surface area contributed by atoms with Gasteiger partial charge in [0, 0.05) is 16.8 Å². The minimum atomic E-state index is -0.535. The third-order valence-corrected chi connectivity index (χ3v) is 6.37. The highest BCUT2D eigenvalue weighted by atomic mass is 32.2. The maximum absolute atomic E-state index is 12.1. The number of aromatic nitrogens is 2. The summed E-state index contributed by atoms with van der Waals surface area (Å²) in [7, 11) is 0. The van der Waals surface area contributed by atoms with Crippen LogP contribution in [0.1, 0.15) is 37.1 Å². The van der Waals surface area contributed by atoms with Crippen LogP contribution in [0.2, 0.25) is 0 Å². The molecule has 8 heteroatoms. The van der Waals surface area contributed by atoms with Gasteiger partial charge in [-0.3, -0.25) is 9.59 Å². The SMILES string of the molecule is CCNC(=O)[C@@H](C)NC(=O)CSc1ncnc2sc3c(c12)CCCC3. The smallest absolute Gasteiger partial charge is 0.242 e. The number of amides is 2. The number of nitrogens with zero attached hydrogens (tertiary/aromatic N) is 2. The normalized spacial score (nSPS) is 14.8. The minimum Gasteiger partial charge on any atom is -0.355 e. The summed E-state index contributed by atoms with van der Waals surface area (Å²) < 4.78 is 0. The van der Waals surface area contributed by atoms with Crippen LogP contribution in [0.25, 0.3) is 10.2 Å². The van der Waals surface area contributed by atoms with E-state index in [0.29, 0.717) is 6.54 Å². The third kappa shape index (κ3) is 4.12. The number of fused-ring (bicyclic) bond motifs is 3. The van der Waals surface area contributed by atoms with Crippen LogP contribution < -0.4 is 10.6 Å². The number of nitrogens with one attached hydrogen (secondary N) is 2. The first kappa shape index (κ1) is 18.1. The molecule has 2 N–H and O–H groups in total. The monoisotopic (exact) mass is 378 g/mol. The summed E-state index contributed by atoms with van der Waals surface area (Å²) in [4.78, 5) is 35.1. The maximum Gasteiger partial charge on any atom is 0.242 e. The van der Waals surface area contributed by atoms with Gasteiger partial charge >= 0.3 is 0 Å². The summed E-state index contributed by atoms with van der Waals surface area (Å²) >= 11 is 3.16. The predicted octanol–water partition coefficient (Wildman–Crippen LogP) is 2.30. The van der Waals surface area contributed by atoms with Crippen LogP contribution in [-0.2, 0) is 22.4 Å². The Labute approximate surface area is 155 Å². The fraction of sp³-hybridized carbons (Fsp3) is 0.529. The van der Waals surface area contributed by atoms with Gasteiger partial charge in [0.25, 0.3) is 0 Å². The first-order valence-electron chi connectivity index (χ1n) is 8.55. The second kappa shape index (κ2) is 8.14. The molecule has 0 unspecified atom stereocenters. The van der Waals surface area contributed by atoms with E-state index in [4.69, 9.17) is 0 Å². The number of rotatable bonds is 6. The number of thiophene rings is 1. The zero-order chi connectivity index (χ0) is 17.8. The fourth-order valence-electron chi connectivity index (χ4n) is 2.98. The van der Waals surface area contributed by atoms with Crippen molar-refractivity contribution in [2.45, 2.75) is 50.6 Å². The Morgan fingerprint density at radius 2 is 2.12 bits per heavy atom. The van der Waals surface area contributed by atoms with Crippen molar-refractivity contribution in [1.29, 1.82) is 0 Å². The van der Waals surface area contributed by atoms with E-state index in [1.165, 1.54) is 35.0 Å².